The zero-order valence-corrected chi connectivity index (χ0v) is 67.5. The van der Waals surface area contributed by atoms with Gasteiger partial charge in [0, 0.05) is 25.7 Å². The van der Waals surface area contributed by atoms with E-state index in [4.69, 9.17) is 37.0 Å². The molecule has 19 heteroatoms. The van der Waals surface area contributed by atoms with E-state index in [1.807, 2.05) is 0 Å². The Morgan fingerprint density at radius 1 is 0.290 bits per heavy atom. The minimum Gasteiger partial charge on any atom is -0.462 e. The highest BCUT2D eigenvalue weighted by molar-refractivity contribution is 7.47. The average Bonchev–Trinajstić information content (AvgIpc) is 0.980. The summed E-state index contributed by atoms with van der Waals surface area (Å²) in [6.07, 6.45) is 59.6. The lowest BCUT2D eigenvalue weighted by Crippen LogP contribution is -2.30. The number of ether oxygens (including phenoxy) is 4. The van der Waals surface area contributed by atoms with Crippen LogP contribution < -0.4 is 0 Å². The van der Waals surface area contributed by atoms with Gasteiger partial charge in [-0.1, -0.05) is 370 Å². The second-order valence-corrected chi connectivity index (χ2v) is 33.3. The molecule has 0 aliphatic carbocycles. The third kappa shape index (κ3) is 73.0. The van der Waals surface area contributed by atoms with Gasteiger partial charge in [-0.05, 0) is 43.4 Å². The van der Waals surface area contributed by atoms with Gasteiger partial charge < -0.3 is 33.8 Å². The summed E-state index contributed by atoms with van der Waals surface area (Å²) in [5.74, 6) is 0.218. The van der Waals surface area contributed by atoms with E-state index in [1.54, 1.807) is 0 Å². The van der Waals surface area contributed by atoms with Crippen LogP contribution in [0.25, 0.3) is 0 Å². The first kappa shape index (κ1) is 98.1. The van der Waals surface area contributed by atoms with Crippen molar-refractivity contribution >= 4 is 39.5 Å². The molecule has 594 valence electrons. The largest absolute Gasteiger partial charge is 0.472 e. The molecule has 100 heavy (non-hydrogen) atoms. The van der Waals surface area contributed by atoms with E-state index in [9.17, 15) is 43.2 Å². The Kier molecular flexibility index (Phi) is 69.9. The van der Waals surface area contributed by atoms with Gasteiger partial charge in [-0.2, -0.15) is 0 Å². The first-order valence-electron chi connectivity index (χ1n) is 41.9. The van der Waals surface area contributed by atoms with Crippen molar-refractivity contribution in [2.75, 3.05) is 39.6 Å². The number of phosphoric ester groups is 2. The molecule has 3 unspecified atom stereocenters. The summed E-state index contributed by atoms with van der Waals surface area (Å²) >= 11 is 0. The highest BCUT2D eigenvalue weighted by Crippen LogP contribution is 2.45. The fourth-order valence-corrected chi connectivity index (χ4v) is 14.0. The Hall–Kier alpha value is -1.94. The number of carbonyl (C=O) groups excluding carboxylic acids is 4. The van der Waals surface area contributed by atoms with Crippen LogP contribution in [0.3, 0.4) is 0 Å². The third-order valence-electron chi connectivity index (χ3n) is 19.2. The number of phosphoric acid groups is 2. The lowest BCUT2D eigenvalue weighted by atomic mass is 9.99. The summed E-state index contributed by atoms with van der Waals surface area (Å²) < 4.78 is 68.7. The predicted molar refractivity (Wildman–Crippen MR) is 409 cm³/mol. The molecule has 0 radical (unpaired) electrons. The molecule has 0 bridgehead atoms. The van der Waals surface area contributed by atoms with Crippen LogP contribution in [-0.4, -0.2) is 96.7 Å². The minimum absolute atomic E-state index is 0.106. The molecule has 3 N–H and O–H groups in total. The molecule has 0 aliphatic heterocycles. The molecule has 0 aliphatic rings. The molecule has 0 aromatic heterocycles. The zero-order valence-electron chi connectivity index (χ0n) is 65.7. The number of unbranched alkanes of at least 4 members (excludes halogenated alkanes) is 46. The predicted octanol–water partition coefficient (Wildman–Crippen LogP) is 24.1. The Balaban J connectivity index is 5.26. The van der Waals surface area contributed by atoms with Crippen molar-refractivity contribution in [1.29, 1.82) is 0 Å². The molecule has 0 saturated heterocycles. The van der Waals surface area contributed by atoms with E-state index >= 15 is 0 Å². The monoisotopic (exact) mass is 1470 g/mol. The van der Waals surface area contributed by atoms with Gasteiger partial charge in [0.1, 0.15) is 19.3 Å². The first-order chi connectivity index (χ1) is 48.3. The van der Waals surface area contributed by atoms with E-state index < -0.39 is 97.5 Å². The SMILES string of the molecule is CCCCCCCCCCCCCCCCCCCCC(=O)O[C@H](COC(=O)CCCCCCCCCCCCCCCCC(C)C)COP(=O)(O)OC[C@@H](O)COP(=O)(O)OC[C@@H](COC(=O)CCCCCCCCCCC(C)CC)OC(=O)CCCCCCCCCCCCC(C)C. The average molecular weight is 1470 g/mol. The fourth-order valence-electron chi connectivity index (χ4n) is 12.5. The normalized spacial score (nSPS) is 14.2. The molecule has 0 heterocycles. The maximum Gasteiger partial charge on any atom is 0.472 e. The second-order valence-electron chi connectivity index (χ2n) is 30.4. The standard InChI is InChI=1S/C81H158O17P2/c1-8-10-11-12-13-14-15-16-17-18-19-20-25-28-34-43-50-57-64-80(85)97-76(68-91-78(83)62-55-48-41-33-27-24-22-21-23-26-31-38-45-52-59-72(3)4)70-95-99(87,88)93-66-75(82)67-94-100(89,90)96-71-77(69-92-79(84)63-56-49-42-37-36-40-47-54-61-74(7)9-2)98-81(86)65-58-51-44-35-30-29-32-39-46-53-60-73(5)6/h72-77,82H,8-71H2,1-7H3,(H,87,88)(H,89,90)/t74?,75-,76-,77-/m1/s1. The Labute approximate surface area is 613 Å². The molecule has 0 amide bonds. The van der Waals surface area contributed by atoms with Crippen molar-refractivity contribution in [3.63, 3.8) is 0 Å². The molecule has 0 aromatic rings. The molecule has 17 nitrogen and oxygen atoms in total. The summed E-state index contributed by atoms with van der Waals surface area (Å²) in [4.78, 5) is 73.1. The zero-order chi connectivity index (χ0) is 73.7. The Morgan fingerprint density at radius 3 is 0.760 bits per heavy atom. The number of esters is 4. The van der Waals surface area contributed by atoms with Gasteiger partial charge in [0.25, 0.3) is 0 Å². The molecular weight excluding hydrogens is 1310 g/mol. The lowest BCUT2D eigenvalue weighted by molar-refractivity contribution is -0.161. The topological polar surface area (TPSA) is 237 Å². The Bertz CT molecular complexity index is 1940. The summed E-state index contributed by atoms with van der Waals surface area (Å²) in [5.41, 5.74) is 0. The number of rotatable bonds is 79. The lowest BCUT2D eigenvalue weighted by Gasteiger charge is -2.21. The van der Waals surface area contributed by atoms with Crippen LogP contribution >= 0.6 is 15.6 Å². The third-order valence-corrected chi connectivity index (χ3v) is 21.1. The summed E-state index contributed by atoms with van der Waals surface area (Å²) in [6.45, 7) is 12.0. The molecule has 0 aromatic carbocycles. The van der Waals surface area contributed by atoms with Crippen LogP contribution in [0.4, 0.5) is 0 Å². The summed E-state index contributed by atoms with van der Waals surface area (Å²) in [7, 11) is -9.92. The first-order valence-corrected chi connectivity index (χ1v) is 44.9. The number of hydrogen-bond donors (Lipinski definition) is 3. The van der Waals surface area contributed by atoms with E-state index in [2.05, 4.69) is 48.5 Å². The van der Waals surface area contributed by atoms with Crippen molar-refractivity contribution in [2.24, 2.45) is 17.8 Å². The molecule has 6 atom stereocenters. The second kappa shape index (κ2) is 71.3. The minimum atomic E-state index is -4.96. The molecule has 0 saturated carbocycles. The van der Waals surface area contributed by atoms with Gasteiger partial charge >= 0.3 is 39.5 Å². The maximum absolute atomic E-state index is 13.1. The van der Waals surface area contributed by atoms with Crippen LogP contribution in [0, 0.1) is 17.8 Å². The maximum atomic E-state index is 13.1. The van der Waals surface area contributed by atoms with Crippen molar-refractivity contribution in [2.45, 2.75) is 439 Å². The van der Waals surface area contributed by atoms with E-state index in [0.29, 0.717) is 25.7 Å². The highest BCUT2D eigenvalue weighted by Gasteiger charge is 2.30. The smallest absolute Gasteiger partial charge is 0.462 e. The van der Waals surface area contributed by atoms with Crippen LogP contribution in [0.1, 0.15) is 421 Å². The van der Waals surface area contributed by atoms with E-state index in [-0.39, 0.29) is 25.7 Å². The number of aliphatic hydroxyl groups excluding tert-OH is 1. The van der Waals surface area contributed by atoms with Gasteiger partial charge in [0.15, 0.2) is 12.2 Å². The quantitative estimate of drug-likeness (QED) is 0.0222. The number of carbonyl (C=O) groups is 4. The van der Waals surface area contributed by atoms with Crippen molar-refractivity contribution < 1.29 is 80.2 Å². The van der Waals surface area contributed by atoms with Gasteiger partial charge in [0.2, 0.25) is 0 Å². The van der Waals surface area contributed by atoms with E-state index in [1.165, 1.54) is 231 Å². The Morgan fingerprint density at radius 2 is 0.510 bits per heavy atom. The van der Waals surface area contributed by atoms with Gasteiger partial charge in [-0.3, -0.25) is 37.3 Å². The van der Waals surface area contributed by atoms with Crippen molar-refractivity contribution in [3.05, 3.63) is 0 Å². The summed E-state index contributed by atoms with van der Waals surface area (Å²) in [6, 6.07) is 0. The molecular formula is C81H158O17P2. The van der Waals surface area contributed by atoms with Crippen molar-refractivity contribution in [1.82, 2.24) is 0 Å². The van der Waals surface area contributed by atoms with Crippen LogP contribution in [-0.2, 0) is 65.4 Å². The number of aliphatic hydroxyl groups is 1. The van der Waals surface area contributed by atoms with Crippen LogP contribution in [0.2, 0.25) is 0 Å². The van der Waals surface area contributed by atoms with Crippen LogP contribution in [0.5, 0.6) is 0 Å². The number of hydrogen-bond acceptors (Lipinski definition) is 15. The van der Waals surface area contributed by atoms with Gasteiger partial charge in [-0.15, -0.1) is 0 Å². The van der Waals surface area contributed by atoms with Gasteiger partial charge in [0.05, 0.1) is 26.4 Å². The fraction of sp³-hybridized carbons (Fsp3) is 0.951. The van der Waals surface area contributed by atoms with Gasteiger partial charge in [-0.25, -0.2) is 9.13 Å². The molecule has 0 fully saturated rings. The molecule has 0 rings (SSSR count). The molecule has 0 spiro atoms. The van der Waals surface area contributed by atoms with Crippen molar-refractivity contribution in [3.8, 4) is 0 Å². The summed E-state index contributed by atoms with van der Waals surface area (Å²) in [5, 5.41) is 10.6. The van der Waals surface area contributed by atoms with Crippen LogP contribution in [0.15, 0.2) is 0 Å². The highest BCUT2D eigenvalue weighted by atomic mass is 31.2. The van der Waals surface area contributed by atoms with E-state index in [0.717, 1.165) is 108 Å².